The minimum atomic E-state index is -4.63. The predicted octanol–water partition coefficient (Wildman–Crippen LogP) is 4.73. The summed E-state index contributed by atoms with van der Waals surface area (Å²) in [6, 6.07) is 5.08. The fourth-order valence-electron chi connectivity index (χ4n) is 2.37. The largest absolute Gasteiger partial charge is 0.465 e. The van der Waals surface area contributed by atoms with E-state index in [9.17, 15) is 18.0 Å². The fraction of sp³-hybridized carbons (Fsp3) is 0.333. The zero-order chi connectivity index (χ0) is 20.9. The Labute approximate surface area is 173 Å². The number of carbonyl (C=O) groups excluding carboxylic acids is 1. The van der Waals surface area contributed by atoms with Crippen LogP contribution in [0.3, 0.4) is 0 Å². The predicted molar refractivity (Wildman–Crippen MR) is 105 cm³/mol. The highest BCUT2D eigenvalue weighted by atomic mass is 127. The number of halogens is 4. The molecule has 10 heteroatoms. The van der Waals surface area contributed by atoms with Gasteiger partial charge in [0, 0.05) is 28.6 Å². The third kappa shape index (κ3) is 5.71. The summed E-state index contributed by atoms with van der Waals surface area (Å²) >= 11 is 1.74. The fourth-order valence-corrected chi connectivity index (χ4v) is 2.82. The average molecular weight is 510 g/mol. The molecule has 1 N–H and O–H groups in total. The standard InChI is InChI=1S/C18H18F3IN2O4/c1-10(9-26-2)24-15-5-4-12(7-13(15)17(25)27-3)28-16-14(18(19,20)21)6-11(22)8-23-16/h4-8,10,24H,9H2,1-3H3/t10-/m0/s1. The molecule has 0 aliphatic rings. The number of pyridine rings is 1. The normalized spacial score (nSPS) is 12.4. The maximum absolute atomic E-state index is 13.3. The topological polar surface area (TPSA) is 69.7 Å². The van der Waals surface area contributed by atoms with Crippen LogP contribution in [0.15, 0.2) is 30.5 Å². The lowest BCUT2D eigenvalue weighted by Gasteiger charge is -2.18. The van der Waals surface area contributed by atoms with Gasteiger partial charge in [0.05, 0.1) is 19.3 Å². The monoisotopic (exact) mass is 510 g/mol. The second kappa shape index (κ2) is 9.41. The van der Waals surface area contributed by atoms with Crippen molar-refractivity contribution in [3.8, 4) is 11.6 Å². The lowest BCUT2D eigenvalue weighted by Crippen LogP contribution is -2.22. The van der Waals surface area contributed by atoms with E-state index in [0.717, 1.165) is 6.07 Å². The Morgan fingerprint density at radius 1 is 1.29 bits per heavy atom. The molecule has 0 fully saturated rings. The van der Waals surface area contributed by atoms with E-state index in [-0.39, 0.29) is 17.4 Å². The van der Waals surface area contributed by atoms with Crippen molar-refractivity contribution < 1.29 is 32.2 Å². The molecule has 152 valence electrons. The number of methoxy groups -OCH3 is 2. The third-order valence-electron chi connectivity index (χ3n) is 3.55. The van der Waals surface area contributed by atoms with Gasteiger partial charge in [-0.1, -0.05) is 0 Å². The van der Waals surface area contributed by atoms with Crippen LogP contribution in [-0.4, -0.2) is 37.8 Å². The number of carbonyl (C=O) groups is 1. The first-order chi connectivity index (χ1) is 13.2. The van der Waals surface area contributed by atoms with Gasteiger partial charge in [-0.15, -0.1) is 0 Å². The Bertz CT molecular complexity index is 846. The van der Waals surface area contributed by atoms with Crippen molar-refractivity contribution in [2.45, 2.75) is 19.1 Å². The van der Waals surface area contributed by atoms with E-state index in [1.54, 1.807) is 29.7 Å². The van der Waals surface area contributed by atoms with Crippen molar-refractivity contribution in [1.82, 2.24) is 4.98 Å². The van der Waals surface area contributed by atoms with Gasteiger partial charge in [-0.05, 0) is 53.8 Å². The zero-order valence-electron chi connectivity index (χ0n) is 15.3. The van der Waals surface area contributed by atoms with Gasteiger partial charge in [-0.3, -0.25) is 0 Å². The molecule has 0 aliphatic heterocycles. The number of hydrogen-bond acceptors (Lipinski definition) is 6. The summed E-state index contributed by atoms with van der Waals surface area (Å²) in [7, 11) is 2.75. The van der Waals surface area contributed by atoms with E-state index in [4.69, 9.17) is 14.2 Å². The van der Waals surface area contributed by atoms with Gasteiger partial charge < -0.3 is 19.5 Å². The Balaban J connectivity index is 2.39. The summed E-state index contributed by atoms with van der Waals surface area (Å²) in [6.07, 6.45) is -3.37. The minimum absolute atomic E-state index is 0.0181. The number of hydrogen-bond donors (Lipinski definition) is 1. The molecule has 0 amide bonds. The van der Waals surface area contributed by atoms with Gasteiger partial charge in [0.15, 0.2) is 0 Å². The second-order valence-electron chi connectivity index (χ2n) is 5.81. The molecule has 0 saturated carbocycles. The van der Waals surface area contributed by atoms with Crippen LogP contribution >= 0.6 is 22.6 Å². The molecular weight excluding hydrogens is 492 g/mol. The molecule has 1 atom stereocenters. The summed E-state index contributed by atoms with van der Waals surface area (Å²) in [5.41, 5.74) is -0.452. The SMILES string of the molecule is COC[C@H](C)Nc1ccc(Oc2ncc(I)cc2C(F)(F)F)cc1C(=O)OC. The number of rotatable bonds is 7. The van der Waals surface area contributed by atoms with E-state index in [1.807, 2.05) is 6.92 Å². The molecule has 0 spiro atoms. The lowest BCUT2D eigenvalue weighted by atomic mass is 10.1. The molecule has 0 radical (unpaired) electrons. The first-order valence-corrected chi connectivity index (χ1v) is 9.12. The lowest BCUT2D eigenvalue weighted by molar-refractivity contribution is -0.138. The minimum Gasteiger partial charge on any atom is -0.465 e. The number of nitrogens with zero attached hydrogens (tertiary/aromatic N) is 1. The van der Waals surface area contributed by atoms with Crippen molar-refractivity contribution in [3.63, 3.8) is 0 Å². The Kier molecular flexibility index (Phi) is 7.47. The second-order valence-corrected chi connectivity index (χ2v) is 7.05. The van der Waals surface area contributed by atoms with E-state index in [1.165, 1.54) is 31.5 Å². The molecule has 0 aliphatic carbocycles. The van der Waals surface area contributed by atoms with Crippen LogP contribution in [0.25, 0.3) is 0 Å². The maximum Gasteiger partial charge on any atom is 0.421 e. The van der Waals surface area contributed by atoms with Crippen molar-refractivity contribution >= 4 is 34.2 Å². The number of alkyl halides is 3. The molecule has 6 nitrogen and oxygen atoms in total. The number of anilines is 1. The Morgan fingerprint density at radius 2 is 2.00 bits per heavy atom. The van der Waals surface area contributed by atoms with E-state index in [0.29, 0.717) is 15.9 Å². The smallest absolute Gasteiger partial charge is 0.421 e. The van der Waals surface area contributed by atoms with E-state index in [2.05, 4.69) is 10.3 Å². The van der Waals surface area contributed by atoms with Crippen LogP contribution in [0.5, 0.6) is 11.6 Å². The van der Waals surface area contributed by atoms with Crippen LogP contribution in [0.1, 0.15) is 22.8 Å². The van der Waals surface area contributed by atoms with Crippen molar-refractivity contribution in [1.29, 1.82) is 0 Å². The van der Waals surface area contributed by atoms with E-state index < -0.39 is 23.6 Å². The van der Waals surface area contributed by atoms with Crippen LogP contribution in [0.4, 0.5) is 18.9 Å². The Hall–Kier alpha value is -2.08. The van der Waals surface area contributed by atoms with Gasteiger partial charge in [0.25, 0.3) is 0 Å². The van der Waals surface area contributed by atoms with Gasteiger partial charge in [0.1, 0.15) is 11.3 Å². The summed E-state index contributed by atoms with van der Waals surface area (Å²) in [4.78, 5) is 15.8. The Morgan fingerprint density at radius 3 is 2.61 bits per heavy atom. The average Bonchev–Trinajstić information content (AvgIpc) is 2.63. The zero-order valence-corrected chi connectivity index (χ0v) is 17.4. The maximum atomic E-state index is 13.3. The third-order valence-corrected chi connectivity index (χ3v) is 4.14. The number of ether oxygens (including phenoxy) is 3. The molecule has 1 heterocycles. The van der Waals surface area contributed by atoms with Crippen molar-refractivity contribution in [2.75, 3.05) is 26.1 Å². The summed E-state index contributed by atoms with van der Waals surface area (Å²) in [5, 5.41) is 3.08. The molecule has 0 saturated heterocycles. The van der Waals surface area contributed by atoms with Crippen molar-refractivity contribution in [2.24, 2.45) is 0 Å². The van der Waals surface area contributed by atoms with Crippen LogP contribution in [-0.2, 0) is 15.7 Å². The molecule has 2 rings (SSSR count). The van der Waals surface area contributed by atoms with Gasteiger partial charge in [-0.2, -0.15) is 13.2 Å². The molecule has 1 aromatic carbocycles. The van der Waals surface area contributed by atoms with E-state index >= 15 is 0 Å². The first-order valence-electron chi connectivity index (χ1n) is 8.04. The quantitative estimate of drug-likeness (QED) is 0.429. The highest BCUT2D eigenvalue weighted by Crippen LogP contribution is 2.38. The van der Waals surface area contributed by atoms with Gasteiger partial charge in [0.2, 0.25) is 5.88 Å². The molecule has 28 heavy (non-hydrogen) atoms. The van der Waals surface area contributed by atoms with Gasteiger partial charge in [-0.25, -0.2) is 9.78 Å². The number of esters is 1. The van der Waals surface area contributed by atoms with Crippen LogP contribution in [0.2, 0.25) is 0 Å². The molecular formula is C18H18F3IN2O4. The van der Waals surface area contributed by atoms with Gasteiger partial charge >= 0.3 is 12.1 Å². The molecule has 2 aromatic rings. The highest BCUT2D eigenvalue weighted by Gasteiger charge is 2.36. The number of nitrogens with one attached hydrogen (secondary N) is 1. The molecule has 0 unspecified atom stereocenters. The van der Waals surface area contributed by atoms with Crippen LogP contribution in [0, 0.1) is 3.57 Å². The highest BCUT2D eigenvalue weighted by molar-refractivity contribution is 14.1. The molecule has 0 bridgehead atoms. The van der Waals surface area contributed by atoms with Crippen LogP contribution < -0.4 is 10.1 Å². The summed E-state index contributed by atoms with van der Waals surface area (Å²) in [5.74, 6) is -1.24. The number of benzene rings is 1. The molecule has 1 aromatic heterocycles. The number of aromatic nitrogens is 1. The summed E-state index contributed by atoms with van der Waals surface area (Å²) < 4.78 is 55.2. The van der Waals surface area contributed by atoms with Crippen molar-refractivity contribution in [3.05, 3.63) is 45.2 Å². The first kappa shape index (κ1) is 22.2. The summed E-state index contributed by atoms with van der Waals surface area (Å²) in [6.45, 7) is 2.24.